The van der Waals surface area contributed by atoms with Crippen LogP contribution < -0.4 is 0 Å². The number of carbonyl (C=O) groups excluding carboxylic acids is 1. The highest BCUT2D eigenvalue weighted by Crippen LogP contribution is 2.55. The fourth-order valence-corrected chi connectivity index (χ4v) is 4.89. The predicted octanol–water partition coefficient (Wildman–Crippen LogP) is 4.57. The van der Waals surface area contributed by atoms with Gasteiger partial charge in [0.05, 0.1) is 5.60 Å². The molecule has 1 saturated carbocycles. The SMILES string of the molecule is O=C(O)COC1(c2ccc(Br)cc2)CCC2(CN(C(=O)OCc3ccccc3)C2)C1. The van der Waals surface area contributed by atoms with Crippen LogP contribution in [0.5, 0.6) is 0 Å². The van der Waals surface area contributed by atoms with Crippen molar-refractivity contribution >= 4 is 28.0 Å². The summed E-state index contributed by atoms with van der Waals surface area (Å²) in [5.74, 6) is -0.979. The standard InChI is InChI=1S/C23H24BrNO5/c24-19-8-6-18(7-9-19)23(30-13-20(26)27)11-10-22(14-23)15-25(16-22)21(28)29-12-17-4-2-1-3-5-17/h1-9H,10-16H2,(H,26,27). The van der Waals surface area contributed by atoms with Gasteiger partial charge < -0.3 is 19.5 Å². The number of carbonyl (C=O) groups is 2. The van der Waals surface area contributed by atoms with Crippen molar-refractivity contribution in [3.05, 3.63) is 70.2 Å². The molecule has 30 heavy (non-hydrogen) atoms. The van der Waals surface area contributed by atoms with E-state index in [1.165, 1.54) is 0 Å². The molecule has 0 radical (unpaired) electrons. The largest absolute Gasteiger partial charge is 0.480 e. The van der Waals surface area contributed by atoms with Crippen molar-refractivity contribution in [1.29, 1.82) is 0 Å². The van der Waals surface area contributed by atoms with Crippen LogP contribution in [-0.2, 0) is 26.5 Å². The number of hydrogen-bond donors (Lipinski definition) is 1. The highest BCUT2D eigenvalue weighted by atomic mass is 79.9. The van der Waals surface area contributed by atoms with Gasteiger partial charge in [0.1, 0.15) is 13.2 Å². The number of rotatable bonds is 6. The van der Waals surface area contributed by atoms with Gasteiger partial charge in [-0.3, -0.25) is 0 Å². The molecular weight excluding hydrogens is 450 g/mol. The Bertz CT molecular complexity index is 911. The van der Waals surface area contributed by atoms with E-state index in [4.69, 9.17) is 14.6 Å². The molecule has 1 atom stereocenters. The summed E-state index contributed by atoms with van der Waals surface area (Å²) in [6, 6.07) is 17.5. The zero-order valence-corrected chi connectivity index (χ0v) is 18.1. The van der Waals surface area contributed by atoms with Crippen LogP contribution in [-0.4, -0.2) is 41.8 Å². The van der Waals surface area contributed by atoms with Gasteiger partial charge in [-0.2, -0.15) is 0 Å². The number of carboxylic acids is 1. The van der Waals surface area contributed by atoms with E-state index >= 15 is 0 Å². The van der Waals surface area contributed by atoms with Gasteiger partial charge in [0.25, 0.3) is 0 Å². The first-order chi connectivity index (χ1) is 14.4. The van der Waals surface area contributed by atoms with Gasteiger partial charge in [-0.1, -0.05) is 58.4 Å². The van der Waals surface area contributed by atoms with E-state index in [1.807, 2.05) is 54.6 Å². The lowest BCUT2D eigenvalue weighted by Crippen LogP contribution is -2.58. The molecule has 158 valence electrons. The van der Waals surface area contributed by atoms with E-state index in [9.17, 15) is 9.59 Å². The molecule has 4 rings (SSSR count). The summed E-state index contributed by atoms with van der Waals surface area (Å²) in [7, 11) is 0. The highest BCUT2D eigenvalue weighted by molar-refractivity contribution is 9.10. The van der Waals surface area contributed by atoms with E-state index in [1.54, 1.807) is 4.90 Å². The summed E-state index contributed by atoms with van der Waals surface area (Å²) < 4.78 is 12.4. The molecule has 1 N–H and O–H groups in total. The fourth-order valence-electron chi connectivity index (χ4n) is 4.63. The summed E-state index contributed by atoms with van der Waals surface area (Å²) >= 11 is 3.44. The maximum absolute atomic E-state index is 12.4. The van der Waals surface area contributed by atoms with Gasteiger partial charge in [0.2, 0.25) is 0 Å². The first kappa shape index (κ1) is 20.9. The number of carboxylic acid groups (broad SMARTS) is 1. The monoisotopic (exact) mass is 473 g/mol. The van der Waals surface area contributed by atoms with E-state index in [-0.39, 0.29) is 24.7 Å². The molecule has 2 aromatic rings. The first-order valence-electron chi connectivity index (χ1n) is 9.97. The second kappa shape index (κ2) is 8.40. The molecule has 1 heterocycles. The summed E-state index contributed by atoms with van der Waals surface area (Å²) in [5.41, 5.74) is 1.24. The molecular formula is C23H24BrNO5. The quantitative estimate of drug-likeness (QED) is 0.664. The second-order valence-electron chi connectivity index (χ2n) is 8.26. The van der Waals surface area contributed by atoms with Crippen molar-refractivity contribution in [2.45, 2.75) is 31.5 Å². The number of halogens is 1. The predicted molar refractivity (Wildman–Crippen MR) is 114 cm³/mol. The third-order valence-electron chi connectivity index (χ3n) is 6.08. The number of hydrogen-bond acceptors (Lipinski definition) is 4. The molecule has 2 fully saturated rings. The Morgan fingerprint density at radius 3 is 2.40 bits per heavy atom. The van der Waals surface area contributed by atoms with Crippen molar-refractivity contribution in [2.75, 3.05) is 19.7 Å². The average Bonchev–Trinajstić information content (AvgIpc) is 3.12. The Labute approximate surface area is 183 Å². The van der Waals surface area contributed by atoms with Crippen molar-refractivity contribution in [3.63, 3.8) is 0 Å². The number of benzene rings is 2. The molecule has 1 aliphatic carbocycles. The molecule has 0 aromatic heterocycles. The first-order valence-corrected chi connectivity index (χ1v) is 10.8. The van der Waals surface area contributed by atoms with Crippen LogP contribution in [0.25, 0.3) is 0 Å². The molecule has 1 unspecified atom stereocenters. The molecule has 1 saturated heterocycles. The van der Waals surface area contributed by atoms with Gasteiger partial charge in [0, 0.05) is 23.0 Å². The van der Waals surface area contributed by atoms with Crippen LogP contribution in [0.4, 0.5) is 4.79 Å². The lowest BCUT2D eigenvalue weighted by atomic mass is 9.76. The zero-order chi connectivity index (χ0) is 21.2. The molecule has 1 spiro atoms. The minimum Gasteiger partial charge on any atom is -0.480 e. The van der Waals surface area contributed by atoms with Crippen LogP contribution in [0.3, 0.4) is 0 Å². The highest BCUT2D eigenvalue weighted by Gasteiger charge is 2.56. The number of nitrogens with zero attached hydrogens (tertiary/aromatic N) is 1. The summed E-state index contributed by atoms with van der Waals surface area (Å²) in [6.07, 6.45) is 1.99. The van der Waals surface area contributed by atoms with Crippen molar-refractivity contribution in [2.24, 2.45) is 5.41 Å². The van der Waals surface area contributed by atoms with Crippen molar-refractivity contribution in [1.82, 2.24) is 4.90 Å². The third kappa shape index (κ3) is 4.37. The molecule has 2 aromatic carbocycles. The number of aliphatic carboxylic acids is 1. The van der Waals surface area contributed by atoms with Crippen LogP contribution in [0.1, 0.15) is 30.4 Å². The normalized spacial score (nSPS) is 22.0. The number of ether oxygens (including phenoxy) is 2. The minimum absolute atomic E-state index is 0.0582. The van der Waals surface area contributed by atoms with Crippen molar-refractivity contribution in [3.8, 4) is 0 Å². The topological polar surface area (TPSA) is 76.1 Å². The van der Waals surface area contributed by atoms with Crippen molar-refractivity contribution < 1.29 is 24.2 Å². The molecule has 2 aliphatic rings. The van der Waals surface area contributed by atoms with E-state index in [2.05, 4.69) is 15.9 Å². The maximum atomic E-state index is 12.4. The van der Waals surface area contributed by atoms with E-state index < -0.39 is 11.6 Å². The second-order valence-corrected chi connectivity index (χ2v) is 9.17. The Morgan fingerprint density at radius 1 is 1.03 bits per heavy atom. The van der Waals surface area contributed by atoms with Crippen LogP contribution in [0, 0.1) is 5.41 Å². The van der Waals surface area contributed by atoms with E-state index in [0.29, 0.717) is 19.5 Å². The van der Waals surface area contributed by atoms with Gasteiger partial charge in [-0.05, 0) is 42.5 Å². The summed E-state index contributed by atoms with van der Waals surface area (Å²) in [5, 5.41) is 9.15. The Morgan fingerprint density at radius 2 is 1.73 bits per heavy atom. The molecule has 0 bridgehead atoms. The molecule has 7 heteroatoms. The molecule has 1 amide bonds. The summed E-state index contributed by atoms with van der Waals surface area (Å²) in [6.45, 7) is 1.13. The average molecular weight is 474 g/mol. The van der Waals surface area contributed by atoms with Gasteiger partial charge in [-0.15, -0.1) is 0 Å². The lowest BCUT2D eigenvalue weighted by Gasteiger charge is -2.48. The Balaban J connectivity index is 1.39. The van der Waals surface area contributed by atoms with Crippen LogP contribution in [0.2, 0.25) is 0 Å². The fraction of sp³-hybridized carbons (Fsp3) is 0.391. The smallest absolute Gasteiger partial charge is 0.410 e. The Hall–Kier alpha value is -2.38. The summed E-state index contributed by atoms with van der Waals surface area (Å²) in [4.78, 5) is 25.3. The van der Waals surface area contributed by atoms with E-state index in [0.717, 1.165) is 28.4 Å². The third-order valence-corrected chi connectivity index (χ3v) is 6.61. The van der Waals surface area contributed by atoms with Crippen LogP contribution in [0.15, 0.2) is 59.1 Å². The molecule has 1 aliphatic heterocycles. The van der Waals surface area contributed by atoms with Gasteiger partial charge >= 0.3 is 12.1 Å². The minimum atomic E-state index is -0.979. The molecule has 6 nitrogen and oxygen atoms in total. The number of amides is 1. The number of likely N-dealkylation sites (tertiary alicyclic amines) is 1. The van der Waals surface area contributed by atoms with Gasteiger partial charge in [0.15, 0.2) is 0 Å². The maximum Gasteiger partial charge on any atom is 0.410 e. The zero-order valence-electron chi connectivity index (χ0n) is 16.6. The Kier molecular flexibility index (Phi) is 5.84. The lowest BCUT2D eigenvalue weighted by molar-refractivity contribution is -0.151. The van der Waals surface area contributed by atoms with Crippen LogP contribution >= 0.6 is 15.9 Å². The van der Waals surface area contributed by atoms with Gasteiger partial charge in [-0.25, -0.2) is 9.59 Å².